The van der Waals surface area contributed by atoms with Crippen molar-refractivity contribution in [3.63, 3.8) is 0 Å². The molecule has 2 aromatic rings. The fourth-order valence-electron chi connectivity index (χ4n) is 7.87. The van der Waals surface area contributed by atoms with E-state index in [4.69, 9.17) is 25.8 Å². The van der Waals surface area contributed by atoms with E-state index in [1.165, 1.54) is 17.9 Å². The van der Waals surface area contributed by atoms with E-state index in [0.717, 1.165) is 0 Å². The molecule has 0 radical (unpaired) electrons. The van der Waals surface area contributed by atoms with E-state index in [-0.39, 0.29) is 42.3 Å². The summed E-state index contributed by atoms with van der Waals surface area (Å²) in [6, 6.07) is 7.45. The zero-order valence-electron chi connectivity index (χ0n) is 35.8. The Labute approximate surface area is 365 Å². The number of alkyl halides is 3. The molecule has 6 rings (SSSR count). The zero-order valence-corrected chi connectivity index (χ0v) is 37.4. The summed E-state index contributed by atoms with van der Waals surface area (Å²) in [5.74, 6) is -3.07. The molecule has 62 heavy (non-hydrogen) atoms. The Bertz CT molecular complexity index is 2180. The molecule has 3 heterocycles. The van der Waals surface area contributed by atoms with Crippen molar-refractivity contribution in [1.82, 2.24) is 25.2 Å². The van der Waals surface area contributed by atoms with Gasteiger partial charge in [-0.25, -0.2) is 18.2 Å². The number of benzene rings is 1. The summed E-state index contributed by atoms with van der Waals surface area (Å²) in [4.78, 5) is 62.3. The molecule has 0 spiro atoms. The predicted octanol–water partition coefficient (Wildman–Crippen LogP) is 6.86. The summed E-state index contributed by atoms with van der Waals surface area (Å²) in [6.07, 6.45) is -1.58. The van der Waals surface area contributed by atoms with Gasteiger partial charge in [-0.1, -0.05) is 37.6 Å². The van der Waals surface area contributed by atoms with Gasteiger partial charge in [0.25, 0.3) is 5.91 Å². The highest BCUT2D eigenvalue weighted by Gasteiger charge is 2.63. The lowest BCUT2D eigenvalue weighted by Gasteiger charge is -2.34. The van der Waals surface area contributed by atoms with Gasteiger partial charge in [0.2, 0.25) is 33.3 Å². The molecule has 4 amide bonds. The van der Waals surface area contributed by atoms with Crippen LogP contribution in [0.3, 0.4) is 0 Å². The Morgan fingerprint density at radius 2 is 1.74 bits per heavy atom. The van der Waals surface area contributed by atoms with Gasteiger partial charge in [0.15, 0.2) is 0 Å². The van der Waals surface area contributed by atoms with Gasteiger partial charge in [-0.05, 0) is 115 Å². The first kappa shape index (κ1) is 46.9. The number of pyridine rings is 1. The Kier molecular flexibility index (Phi) is 13.3. The molecule has 3 N–H and O–H groups in total. The molecular formula is C43H55ClF3N5O9S. The number of allylic oxidation sites excluding steroid dienone is 1. The van der Waals surface area contributed by atoms with Gasteiger partial charge in [-0.15, -0.1) is 0 Å². The maximum atomic E-state index is 14.8. The lowest BCUT2D eigenvalue weighted by molar-refractivity contribution is -0.244. The number of fused-ring (bicyclic) bond motifs is 2. The number of alkyl carbamates (subject to hydrolysis) is 1. The number of hydrogen-bond acceptors (Lipinski definition) is 10. The number of hydrogen-bond donors (Lipinski definition) is 3. The zero-order chi connectivity index (χ0) is 45.6. The van der Waals surface area contributed by atoms with Gasteiger partial charge in [-0.2, -0.15) is 13.2 Å². The van der Waals surface area contributed by atoms with Crippen molar-refractivity contribution in [2.75, 3.05) is 6.54 Å². The van der Waals surface area contributed by atoms with Crippen LogP contribution in [0.5, 0.6) is 11.6 Å². The van der Waals surface area contributed by atoms with Crippen molar-refractivity contribution in [2.45, 2.75) is 140 Å². The van der Waals surface area contributed by atoms with E-state index < -0.39 is 85.9 Å². The smallest absolute Gasteiger partial charge is 0.427 e. The van der Waals surface area contributed by atoms with E-state index in [1.54, 1.807) is 43.3 Å². The van der Waals surface area contributed by atoms with Gasteiger partial charge in [0, 0.05) is 29.0 Å². The molecule has 0 unspecified atom stereocenters. The van der Waals surface area contributed by atoms with Crippen molar-refractivity contribution in [2.24, 2.45) is 17.8 Å². The minimum atomic E-state index is -4.93. The van der Waals surface area contributed by atoms with Gasteiger partial charge >= 0.3 is 12.3 Å². The summed E-state index contributed by atoms with van der Waals surface area (Å²) in [6.45, 7) is 10.1. The maximum Gasteiger partial charge on any atom is 0.427 e. The van der Waals surface area contributed by atoms with E-state index in [9.17, 15) is 40.8 Å². The van der Waals surface area contributed by atoms with Gasteiger partial charge in [0.05, 0.1) is 23.1 Å². The van der Waals surface area contributed by atoms with Crippen LogP contribution in [0.4, 0.5) is 18.0 Å². The molecule has 340 valence electrons. The Morgan fingerprint density at radius 3 is 2.37 bits per heavy atom. The molecule has 19 heteroatoms. The number of aromatic nitrogens is 1. The number of carbonyl (C=O) groups is 4. The van der Waals surface area contributed by atoms with Crippen molar-refractivity contribution in [3.05, 3.63) is 53.6 Å². The van der Waals surface area contributed by atoms with Crippen LogP contribution >= 0.6 is 11.6 Å². The molecule has 14 nitrogen and oxygen atoms in total. The number of sulfonamides is 1. The third-order valence-electron chi connectivity index (χ3n) is 12.1. The van der Waals surface area contributed by atoms with Crippen LogP contribution in [-0.4, -0.2) is 95.0 Å². The highest BCUT2D eigenvalue weighted by atomic mass is 35.5. The SMILES string of the molecule is CC(C)Oc1ccc(-c2cc(Cl)cc(O[C@@H]3C[C@H]4C(=O)N[C@]5(C(=O)NS(=O)(=O)C6(C)CC6)C[C@H]5/C=C\CC[C@@H](C)C[C@@H](C)[C@H](NC(=O)OC(C)(C)C(F)(F)F)C(=O)N4C3)n2)cc1. The standard InChI is InChI=1S/C43H55ClF3N5O9S/c1-24(2)59-30-14-12-27(13-15-30)32-19-29(44)20-34(48-32)60-31-21-33-36(53)50-42(38(55)51-62(57,58)41(7)16-17-41)22-28(42)11-9-8-10-25(3)18-26(4)35(37(54)52(33)23-31)49-39(56)61-40(5,6)43(45,46)47/h9,11-15,19-20,24-26,28,31,33,35H,8,10,16-18,21-23H2,1-7H3,(H,49,56)(H,50,53)(H,51,55)/b11-9-/t25-,26-,28-,31-,33+,35+,42-/m1/s1. The molecule has 2 saturated carbocycles. The number of carbonyl (C=O) groups excluding carboxylic acids is 4. The minimum absolute atomic E-state index is 0.0368. The monoisotopic (exact) mass is 909 g/mol. The number of amides is 4. The van der Waals surface area contributed by atoms with Gasteiger partial charge in [-0.3, -0.25) is 19.1 Å². The first-order chi connectivity index (χ1) is 28.8. The number of ether oxygens (including phenoxy) is 3. The second-order valence-corrected chi connectivity index (χ2v) is 20.8. The summed E-state index contributed by atoms with van der Waals surface area (Å²) >= 11 is 6.53. The lowest BCUT2D eigenvalue weighted by Crippen LogP contribution is -2.59. The highest BCUT2D eigenvalue weighted by molar-refractivity contribution is 7.91. The quantitative estimate of drug-likeness (QED) is 0.213. The Hall–Kier alpha value is -4.58. The predicted molar refractivity (Wildman–Crippen MR) is 224 cm³/mol. The summed E-state index contributed by atoms with van der Waals surface area (Å²) in [5.41, 5.74) is -3.42. The largest absolute Gasteiger partial charge is 0.491 e. The van der Waals surface area contributed by atoms with Crippen molar-refractivity contribution in [3.8, 4) is 22.9 Å². The topological polar surface area (TPSA) is 182 Å². The fourth-order valence-corrected chi connectivity index (χ4v) is 9.38. The third kappa shape index (κ3) is 10.4. The average molecular weight is 910 g/mol. The van der Waals surface area contributed by atoms with Crippen LogP contribution in [0.2, 0.25) is 5.02 Å². The summed E-state index contributed by atoms with van der Waals surface area (Å²) in [7, 11) is -4.09. The molecule has 3 fully saturated rings. The number of rotatable bonds is 10. The second-order valence-electron chi connectivity index (χ2n) is 18.2. The molecule has 0 bridgehead atoms. The van der Waals surface area contributed by atoms with Crippen molar-refractivity contribution >= 4 is 45.4 Å². The molecule has 2 aliphatic carbocycles. The lowest BCUT2D eigenvalue weighted by atomic mass is 9.88. The van der Waals surface area contributed by atoms with Crippen LogP contribution < -0.4 is 24.8 Å². The summed E-state index contributed by atoms with van der Waals surface area (Å²) in [5, 5.41) is 5.44. The van der Waals surface area contributed by atoms with Crippen LogP contribution in [0.25, 0.3) is 11.3 Å². The van der Waals surface area contributed by atoms with Gasteiger partial charge in [0.1, 0.15) is 29.5 Å². The molecule has 4 aliphatic rings. The van der Waals surface area contributed by atoms with Crippen LogP contribution in [0, 0.1) is 17.8 Å². The molecule has 1 saturated heterocycles. The first-order valence-electron chi connectivity index (χ1n) is 20.9. The molecule has 2 aliphatic heterocycles. The van der Waals surface area contributed by atoms with Crippen molar-refractivity contribution in [1.29, 1.82) is 0 Å². The van der Waals surface area contributed by atoms with E-state index in [1.807, 2.05) is 26.8 Å². The third-order valence-corrected chi connectivity index (χ3v) is 14.5. The van der Waals surface area contributed by atoms with Crippen LogP contribution in [0.15, 0.2) is 48.6 Å². The molecule has 1 aromatic carbocycles. The molecule has 7 atom stereocenters. The fraction of sp³-hybridized carbons (Fsp3) is 0.605. The first-order valence-corrected chi connectivity index (χ1v) is 22.7. The number of nitrogens with zero attached hydrogens (tertiary/aromatic N) is 2. The minimum Gasteiger partial charge on any atom is -0.491 e. The number of nitrogens with one attached hydrogen (secondary N) is 3. The van der Waals surface area contributed by atoms with E-state index >= 15 is 0 Å². The van der Waals surface area contributed by atoms with E-state index in [0.29, 0.717) is 63.0 Å². The second kappa shape index (κ2) is 17.5. The maximum absolute atomic E-state index is 14.8. The Balaban J connectivity index is 1.33. The molecular weight excluding hydrogens is 855 g/mol. The van der Waals surface area contributed by atoms with Crippen LogP contribution in [0.1, 0.15) is 93.4 Å². The molecule has 1 aromatic heterocycles. The summed E-state index contributed by atoms with van der Waals surface area (Å²) < 4.78 is 85.7. The average Bonchev–Trinajstić information content (AvgIpc) is 4.04. The number of halogens is 4. The van der Waals surface area contributed by atoms with Crippen molar-refractivity contribution < 1.29 is 55.0 Å². The highest BCUT2D eigenvalue weighted by Crippen LogP contribution is 2.48. The normalized spacial score (nSPS) is 28.3. The van der Waals surface area contributed by atoms with Gasteiger partial charge < -0.3 is 29.7 Å². The Morgan fingerprint density at radius 1 is 1.06 bits per heavy atom. The van der Waals surface area contributed by atoms with Crippen LogP contribution in [-0.2, 0) is 29.1 Å². The van der Waals surface area contributed by atoms with E-state index in [2.05, 4.69) is 20.3 Å².